The number of benzene rings is 1. The highest BCUT2D eigenvalue weighted by molar-refractivity contribution is 7.92. The predicted molar refractivity (Wildman–Crippen MR) is 83.2 cm³/mol. The van der Waals surface area contributed by atoms with Crippen LogP contribution in [0.3, 0.4) is 0 Å². The Morgan fingerprint density at radius 3 is 2.50 bits per heavy atom. The molecule has 0 saturated heterocycles. The zero-order valence-electron chi connectivity index (χ0n) is 12.7. The van der Waals surface area contributed by atoms with Crippen molar-refractivity contribution in [1.29, 1.82) is 0 Å². The number of anilines is 1. The lowest BCUT2D eigenvalue weighted by Crippen LogP contribution is -2.39. The van der Waals surface area contributed by atoms with Crippen LogP contribution in [-0.4, -0.2) is 31.8 Å². The molecular formula is C15H18N2O4S. The van der Waals surface area contributed by atoms with E-state index >= 15 is 0 Å². The van der Waals surface area contributed by atoms with Crippen LogP contribution in [0.1, 0.15) is 18.4 Å². The van der Waals surface area contributed by atoms with Gasteiger partial charge in [0.15, 0.2) is 15.6 Å². The lowest BCUT2D eigenvalue weighted by Gasteiger charge is -2.21. The summed E-state index contributed by atoms with van der Waals surface area (Å²) in [5.41, 5.74) is 1.25. The molecule has 1 heterocycles. The SMILES string of the molecule is Cc1cc(CS(=O)(=O)[C@@H](C)C(=O)N(C)c2ccccc2)on1. The van der Waals surface area contributed by atoms with E-state index in [2.05, 4.69) is 5.16 Å². The molecule has 0 aliphatic rings. The fourth-order valence-corrected chi connectivity index (χ4v) is 3.26. The van der Waals surface area contributed by atoms with Crippen LogP contribution >= 0.6 is 0 Å². The van der Waals surface area contributed by atoms with Crippen LogP contribution in [0.15, 0.2) is 40.9 Å². The number of carbonyl (C=O) groups is 1. The molecule has 2 rings (SSSR count). The van der Waals surface area contributed by atoms with Gasteiger partial charge in [-0.15, -0.1) is 0 Å². The number of rotatable bonds is 5. The van der Waals surface area contributed by atoms with Crippen LogP contribution in [0, 0.1) is 6.92 Å². The molecule has 0 fully saturated rings. The molecule has 22 heavy (non-hydrogen) atoms. The molecule has 0 bridgehead atoms. The fourth-order valence-electron chi connectivity index (χ4n) is 2.01. The zero-order chi connectivity index (χ0) is 16.3. The number of aromatic nitrogens is 1. The van der Waals surface area contributed by atoms with Crippen molar-refractivity contribution in [2.45, 2.75) is 24.9 Å². The molecule has 6 nitrogen and oxygen atoms in total. The minimum absolute atomic E-state index is 0.236. The lowest BCUT2D eigenvalue weighted by molar-refractivity contribution is -0.117. The summed E-state index contributed by atoms with van der Waals surface area (Å²) in [7, 11) is -2.12. The van der Waals surface area contributed by atoms with Gasteiger partial charge in [0.1, 0.15) is 11.0 Å². The van der Waals surface area contributed by atoms with Gasteiger partial charge in [-0.05, 0) is 26.0 Å². The molecule has 118 valence electrons. The van der Waals surface area contributed by atoms with Gasteiger partial charge in [-0.25, -0.2) is 8.42 Å². The molecule has 1 aromatic heterocycles. The Bertz CT molecular complexity index is 753. The highest BCUT2D eigenvalue weighted by atomic mass is 32.2. The number of para-hydroxylation sites is 1. The van der Waals surface area contributed by atoms with E-state index < -0.39 is 21.0 Å². The third kappa shape index (κ3) is 3.54. The zero-order valence-corrected chi connectivity index (χ0v) is 13.5. The van der Waals surface area contributed by atoms with Gasteiger partial charge in [-0.1, -0.05) is 23.4 Å². The Hall–Kier alpha value is -2.15. The Morgan fingerprint density at radius 2 is 1.95 bits per heavy atom. The summed E-state index contributed by atoms with van der Waals surface area (Å²) in [5.74, 6) is -0.592. The maximum absolute atomic E-state index is 12.4. The average molecular weight is 322 g/mol. The van der Waals surface area contributed by atoms with Crippen molar-refractivity contribution >= 4 is 21.4 Å². The van der Waals surface area contributed by atoms with Crippen molar-refractivity contribution in [3.05, 3.63) is 47.9 Å². The van der Waals surface area contributed by atoms with E-state index in [0.717, 1.165) is 0 Å². The molecule has 0 N–H and O–H groups in total. The van der Waals surface area contributed by atoms with Crippen LogP contribution in [0.25, 0.3) is 0 Å². The first-order valence-electron chi connectivity index (χ1n) is 6.77. The fraction of sp³-hybridized carbons (Fsp3) is 0.333. The topological polar surface area (TPSA) is 80.5 Å². The van der Waals surface area contributed by atoms with Crippen LogP contribution < -0.4 is 4.90 Å². The van der Waals surface area contributed by atoms with Crippen LogP contribution in [0.4, 0.5) is 5.69 Å². The van der Waals surface area contributed by atoms with E-state index in [9.17, 15) is 13.2 Å². The Labute approximate surface area is 129 Å². The molecule has 0 saturated carbocycles. The van der Waals surface area contributed by atoms with Gasteiger partial charge in [0.2, 0.25) is 5.91 Å². The standard InChI is InChI=1S/C15H18N2O4S/c1-11-9-14(21-16-11)10-22(19,20)12(2)15(18)17(3)13-7-5-4-6-8-13/h4-9,12H,10H2,1-3H3/t12-/m0/s1. The highest BCUT2D eigenvalue weighted by Gasteiger charge is 2.32. The van der Waals surface area contributed by atoms with Gasteiger partial charge in [0, 0.05) is 18.8 Å². The number of sulfone groups is 1. The smallest absolute Gasteiger partial charge is 0.244 e. The predicted octanol–water partition coefficient (Wildman–Crippen LogP) is 1.95. The second-order valence-corrected chi connectivity index (χ2v) is 7.44. The van der Waals surface area contributed by atoms with Crippen molar-refractivity contribution in [3.8, 4) is 0 Å². The van der Waals surface area contributed by atoms with Gasteiger partial charge in [-0.3, -0.25) is 4.79 Å². The molecule has 0 radical (unpaired) electrons. The first-order valence-corrected chi connectivity index (χ1v) is 8.49. The lowest BCUT2D eigenvalue weighted by atomic mass is 10.3. The minimum Gasteiger partial charge on any atom is -0.360 e. The monoisotopic (exact) mass is 322 g/mol. The second kappa shape index (κ2) is 6.31. The quantitative estimate of drug-likeness (QED) is 0.840. The van der Waals surface area contributed by atoms with Gasteiger partial charge in [0.05, 0.1) is 5.69 Å². The number of carbonyl (C=O) groups excluding carboxylic acids is 1. The maximum atomic E-state index is 12.4. The number of hydrogen-bond acceptors (Lipinski definition) is 5. The average Bonchev–Trinajstić information content (AvgIpc) is 2.90. The molecule has 7 heteroatoms. The normalized spacial score (nSPS) is 12.9. The number of aryl methyl sites for hydroxylation is 1. The first-order chi connectivity index (χ1) is 10.3. The van der Waals surface area contributed by atoms with Crippen LogP contribution in [0.5, 0.6) is 0 Å². The van der Waals surface area contributed by atoms with Crippen molar-refractivity contribution in [1.82, 2.24) is 5.16 Å². The number of hydrogen-bond donors (Lipinski definition) is 0. The van der Waals surface area contributed by atoms with E-state index in [1.165, 1.54) is 11.8 Å². The molecule has 1 amide bonds. The van der Waals surface area contributed by atoms with E-state index in [4.69, 9.17) is 4.52 Å². The van der Waals surface area contributed by atoms with Gasteiger partial charge in [0.25, 0.3) is 0 Å². The summed E-state index contributed by atoms with van der Waals surface area (Å²) in [6.45, 7) is 3.09. The Morgan fingerprint density at radius 1 is 1.32 bits per heavy atom. The molecule has 2 aromatic rings. The second-order valence-electron chi connectivity index (χ2n) is 5.12. The number of amides is 1. The van der Waals surface area contributed by atoms with Crippen molar-refractivity contribution in [2.75, 3.05) is 11.9 Å². The third-order valence-corrected chi connectivity index (χ3v) is 5.35. The summed E-state index contributed by atoms with van der Waals surface area (Å²) in [5, 5.41) is 2.49. The van der Waals surface area contributed by atoms with Crippen molar-refractivity contribution in [3.63, 3.8) is 0 Å². The highest BCUT2D eigenvalue weighted by Crippen LogP contribution is 2.18. The van der Waals surface area contributed by atoms with Crippen LogP contribution in [0.2, 0.25) is 0 Å². The summed E-state index contributed by atoms with van der Waals surface area (Å²) in [6.07, 6.45) is 0. The molecule has 0 unspecified atom stereocenters. The summed E-state index contributed by atoms with van der Waals surface area (Å²) < 4.78 is 29.6. The van der Waals surface area contributed by atoms with E-state index in [0.29, 0.717) is 11.4 Å². The maximum Gasteiger partial charge on any atom is 0.244 e. The van der Waals surface area contributed by atoms with Crippen LogP contribution in [-0.2, 0) is 20.4 Å². The number of nitrogens with zero attached hydrogens (tertiary/aromatic N) is 2. The van der Waals surface area contributed by atoms with Gasteiger partial charge >= 0.3 is 0 Å². The Balaban J connectivity index is 2.15. The molecule has 1 atom stereocenters. The van der Waals surface area contributed by atoms with E-state index in [-0.39, 0.29) is 11.5 Å². The van der Waals surface area contributed by atoms with Crippen molar-refractivity contribution < 1.29 is 17.7 Å². The minimum atomic E-state index is -3.68. The van der Waals surface area contributed by atoms with Crippen molar-refractivity contribution in [2.24, 2.45) is 0 Å². The molecule has 1 aromatic carbocycles. The molecule has 0 aliphatic carbocycles. The summed E-state index contributed by atoms with van der Waals surface area (Å²) in [4.78, 5) is 13.7. The third-order valence-electron chi connectivity index (χ3n) is 3.38. The Kier molecular flexibility index (Phi) is 4.65. The summed E-state index contributed by atoms with van der Waals surface area (Å²) in [6, 6.07) is 10.4. The van der Waals surface area contributed by atoms with Gasteiger partial charge in [-0.2, -0.15) is 0 Å². The largest absolute Gasteiger partial charge is 0.360 e. The van der Waals surface area contributed by atoms with E-state index in [1.54, 1.807) is 44.3 Å². The van der Waals surface area contributed by atoms with Gasteiger partial charge < -0.3 is 9.42 Å². The molecular weight excluding hydrogens is 304 g/mol. The molecule has 0 aliphatic heterocycles. The molecule has 0 spiro atoms. The summed E-state index contributed by atoms with van der Waals surface area (Å²) >= 11 is 0. The first kappa shape index (κ1) is 16.2. The van der Waals surface area contributed by atoms with E-state index in [1.807, 2.05) is 6.07 Å².